The zero-order valence-corrected chi connectivity index (χ0v) is 7.71. The SMILES string of the molecule is Cc1ncc(-n2ccccc2=O)cn1. The smallest absolute Gasteiger partial charge is 0.255 e. The molecule has 0 bridgehead atoms. The Labute approximate surface area is 80.9 Å². The first-order valence-corrected chi connectivity index (χ1v) is 4.24. The Hall–Kier alpha value is -1.97. The van der Waals surface area contributed by atoms with Crippen LogP contribution in [0.25, 0.3) is 5.69 Å². The van der Waals surface area contributed by atoms with Gasteiger partial charge in [-0.3, -0.25) is 9.36 Å². The van der Waals surface area contributed by atoms with E-state index in [0.717, 1.165) is 0 Å². The summed E-state index contributed by atoms with van der Waals surface area (Å²) in [4.78, 5) is 19.5. The zero-order chi connectivity index (χ0) is 9.97. The minimum atomic E-state index is -0.0834. The lowest BCUT2D eigenvalue weighted by Crippen LogP contribution is -2.15. The van der Waals surface area contributed by atoms with Crippen molar-refractivity contribution in [3.05, 3.63) is 53.0 Å². The Morgan fingerprint density at radius 1 is 1.21 bits per heavy atom. The van der Waals surface area contributed by atoms with Gasteiger partial charge >= 0.3 is 0 Å². The van der Waals surface area contributed by atoms with Crippen molar-refractivity contribution in [3.8, 4) is 5.69 Å². The van der Waals surface area contributed by atoms with Crippen molar-refractivity contribution >= 4 is 0 Å². The predicted molar refractivity (Wildman–Crippen MR) is 52.4 cm³/mol. The fourth-order valence-corrected chi connectivity index (χ4v) is 1.15. The van der Waals surface area contributed by atoms with E-state index in [1.807, 2.05) is 0 Å². The lowest BCUT2D eigenvalue weighted by Gasteiger charge is -2.02. The molecule has 0 spiro atoms. The van der Waals surface area contributed by atoms with Crippen LogP contribution in [0, 0.1) is 6.92 Å². The first-order chi connectivity index (χ1) is 6.77. The number of nitrogens with zero attached hydrogens (tertiary/aromatic N) is 3. The van der Waals surface area contributed by atoms with Crippen LogP contribution in [-0.4, -0.2) is 14.5 Å². The highest BCUT2D eigenvalue weighted by Gasteiger charge is 1.97. The molecule has 0 fully saturated rings. The molecular weight excluding hydrogens is 178 g/mol. The van der Waals surface area contributed by atoms with Crippen LogP contribution in [0.5, 0.6) is 0 Å². The van der Waals surface area contributed by atoms with Crippen LogP contribution < -0.4 is 5.56 Å². The maximum atomic E-state index is 11.4. The molecule has 0 saturated heterocycles. The van der Waals surface area contributed by atoms with Crippen molar-refractivity contribution < 1.29 is 0 Å². The van der Waals surface area contributed by atoms with Crippen molar-refractivity contribution in [2.75, 3.05) is 0 Å². The quantitative estimate of drug-likeness (QED) is 0.667. The molecule has 0 amide bonds. The van der Waals surface area contributed by atoms with Crippen LogP contribution in [0.2, 0.25) is 0 Å². The summed E-state index contributed by atoms with van der Waals surface area (Å²) in [6.45, 7) is 1.80. The normalized spacial score (nSPS) is 10.1. The third-order valence-corrected chi connectivity index (χ3v) is 1.87. The number of rotatable bonds is 1. The van der Waals surface area contributed by atoms with E-state index in [2.05, 4.69) is 9.97 Å². The van der Waals surface area contributed by atoms with E-state index in [1.54, 1.807) is 37.6 Å². The highest BCUT2D eigenvalue weighted by atomic mass is 16.1. The molecule has 0 saturated carbocycles. The van der Waals surface area contributed by atoms with E-state index < -0.39 is 0 Å². The van der Waals surface area contributed by atoms with Crippen LogP contribution in [0.1, 0.15) is 5.82 Å². The summed E-state index contributed by atoms with van der Waals surface area (Å²) in [5.41, 5.74) is 0.598. The summed E-state index contributed by atoms with van der Waals surface area (Å²) < 4.78 is 1.50. The molecule has 2 aromatic rings. The highest BCUT2D eigenvalue weighted by molar-refractivity contribution is 5.25. The molecule has 0 radical (unpaired) electrons. The average Bonchev–Trinajstić information content (AvgIpc) is 2.20. The van der Waals surface area contributed by atoms with E-state index in [-0.39, 0.29) is 5.56 Å². The van der Waals surface area contributed by atoms with Gasteiger partial charge in [0.15, 0.2) is 0 Å². The molecule has 0 atom stereocenters. The monoisotopic (exact) mass is 187 g/mol. The Morgan fingerprint density at radius 3 is 2.57 bits per heavy atom. The maximum absolute atomic E-state index is 11.4. The van der Waals surface area contributed by atoms with E-state index in [9.17, 15) is 4.79 Å². The van der Waals surface area contributed by atoms with Gasteiger partial charge in [0.05, 0.1) is 18.1 Å². The highest BCUT2D eigenvalue weighted by Crippen LogP contribution is 1.99. The van der Waals surface area contributed by atoms with Gasteiger partial charge in [-0.15, -0.1) is 0 Å². The van der Waals surface area contributed by atoms with Crippen LogP contribution in [0.4, 0.5) is 0 Å². The second-order valence-corrected chi connectivity index (χ2v) is 2.90. The van der Waals surface area contributed by atoms with Crippen LogP contribution in [-0.2, 0) is 0 Å². The van der Waals surface area contributed by atoms with Crippen LogP contribution in [0.15, 0.2) is 41.6 Å². The molecule has 14 heavy (non-hydrogen) atoms. The third-order valence-electron chi connectivity index (χ3n) is 1.87. The standard InChI is InChI=1S/C10H9N3O/c1-8-11-6-9(7-12-8)13-5-3-2-4-10(13)14/h2-7H,1H3. The minimum absolute atomic E-state index is 0.0834. The third kappa shape index (κ3) is 1.54. The molecule has 0 N–H and O–H groups in total. The number of aromatic nitrogens is 3. The van der Waals surface area contributed by atoms with Gasteiger partial charge in [-0.25, -0.2) is 9.97 Å². The van der Waals surface area contributed by atoms with Crippen LogP contribution >= 0.6 is 0 Å². The van der Waals surface area contributed by atoms with Gasteiger partial charge < -0.3 is 0 Å². The second kappa shape index (κ2) is 3.41. The summed E-state index contributed by atoms with van der Waals surface area (Å²) >= 11 is 0. The van der Waals surface area contributed by atoms with Gasteiger partial charge in [0, 0.05) is 12.3 Å². The molecular formula is C10H9N3O. The number of pyridine rings is 1. The maximum Gasteiger partial charge on any atom is 0.255 e. The zero-order valence-electron chi connectivity index (χ0n) is 7.71. The van der Waals surface area contributed by atoms with Gasteiger partial charge in [-0.2, -0.15) is 0 Å². The predicted octanol–water partition coefficient (Wildman–Crippen LogP) is 0.936. The van der Waals surface area contributed by atoms with Gasteiger partial charge in [0.2, 0.25) is 0 Å². The number of hydrogen-bond acceptors (Lipinski definition) is 3. The summed E-state index contributed by atoms with van der Waals surface area (Å²) in [5, 5.41) is 0. The summed E-state index contributed by atoms with van der Waals surface area (Å²) in [6, 6.07) is 5.00. The molecule has 70 valence electrons. The Kier molecular flexibility index (Phi) is 2.10. The van der Waals surface area contributed by atoms with Gasteiger partial charge in [0.1, 0.15) is 5.82 Å². The fourth-order valence-electron chi connectivity index (χ4n) is 1.15. The van der Waals surface area contributed by atoms with Crippen molar-refractivity contribution in [1.82, 2.24) is 14.5 Å². The molecule has 2 aromatic heterocycles. The van der Waals surface area contributed by atoms with Crippen molar-refractivity contribution in [2.45, 2.75) is 6.92 Å². The van der Waals surface area contributed by atoms with E-state index in [0.29, 0.717) is 11.5 Å². The largest absolute Gasteiger partial charge is 0.281 e. The molecule has 0 aromatic carbocycles. The fraction of sp³-hybridized carbons (Fsp3) is 0.100. The molecule has 2 heterocycles. The average molecular weight is 187 g/mol. The molecule has 0 aliphatic rings. The first kappa shape index (κ1) is 8.62. The molecule has 0 unspecified atom stereocenters. The minimum Gasteiger partial charge on any atom is -0.281 e. The van der Waals surface area contributed by atoms with Crippen molar-refractivity contribution in [2.24, 2.45) is 0 Å². The van der Waals surface area contributed by atoms with E-state index in [4.69, 9.17) is 0 Å². The lowest BCUT2D eigenvalue weighted by molar-refractivity contribution is 0.938. The van der Waals surface area contributed by atoms with Gasteiger partial charge in [-0.1, -0.05) is 6.07 Å². The van der Waals surface area contributed by atoms with Crippen molar-refractivity contribution in [3.63, 3.8) is 0 Å². The summed E-state index contributed by atoms with van der Waals surface area (Å²) in [7, 11) is 0. The van der Waals surface area contributed by atoms with Gasteiger partial charge in [-0.05, 0) is 13.0 Å². The Bertz CT molecular complexity index is 487. The summed E-state index contributed by atoms with van der Waals surface area (Å²) in [5.74, 6) is 0.692. The van der Waals surface area contributed by atoms with Crippen molar-refractivity contribution in [1.29, 1.82) is 0 Å². The number of hydrogen-bond donors (Lipinski definition) is 0. The number of aryl methyl sites for hydroxylation is 1. The molecule has 4 heteroatoms. The second-order valence-electron chi connectivity index (χ2n) is 2.90. The van der Waals surface area contributed by atoms with E-state index in [1.165, 1.54) is 10.6 Å². The Balaban J connectivity index is 2.56. The molecule has 2 rings (SSSR count). The molecule has 4 nitrogen and oxygen atoms in total. The Morgan fingerprint density at radius 2 is 1.93 bits per heavy atom. The van der Waals surface area contributed by atoms with Gasteiger partial charge in [0.25, 0.3) is 5.56 Å². The van der Waals surface area contributed by atoms with Crippen LogP contribution in [0.3, 0.4) is 0 Å². The topological polar surface area (TPSA) is 47.8 Å². The molecule has 0 aliphatic carbocycles. The molecule has 0 aliphatic heterocycles. The summed E-state index contributed by atoms with van der Waals surface area (Å²) in [6.07, 6.45) is 4.95. The first-order valence-electron chi connectivity index (χ1n) is 4.24. The van der Waals surface area contributed by atoms with E-state index >= 15 is 0 Å². The lowest BCUT2D eigenvalue weighted by atomic mass is 10.4.